The van der Waals surface area contributed by atoms with E-state index in [2.05, 4.69) is 10.4 Å². The Balaban J connectivity index is 2.44. The summed E-state index contributed by atoms with van der Waals surface area (Å²) in [4.78, 5) is 4.48. The van der Waals surface area contributed by atoms with Gasteiger partial charge in [0.2, 0.25) is 0 Å². The molecule has 0 amide bonds. The van der Waals surface area contributed by atoms with Crippen molar-refractivity contribution in [2.24, 2.45) is 0 Å². The smallest absolute Gasteiger partial charge is 0.166 e. The second-order valence-electron chi connectivity index (χ2n) is 2.88. The van der Waals surface area contributed by atoms with E-state index in [-0.39, 0.29) is 0 Å². The van der Waals surface area contributed by atoms with Crippen molar-refractivity contribution in [2.75, 3.05) is 6.26 Å². The predicted molar refractivity (Wildman–Crippen MR) is 70.8 cm³/mol. The molecule has 0 bridgehead atoms. The van der Waals surface area contributed by atoms with Gasteiger partial charge >= 0.3 is 0 Å². The van der Waals surface area contributed by atoms with Crippen LogP contribution in [0.5, 0.6) is 0 Å². The van der Waals surface area contributed by atoms with E-state index in [0.717, 1.165) is 31.6 Å². The van der Waals surface area contributed by atoms with Gasteiger partial charge < -0.3 is 0 Å². The van der Waals surface area contributed by atoms with E-state index in [1.807, 2.05) is 36.6 Å². The summed E-state index contributed by atoms with van der Waals surface area (Å²) in [6.07, 6.45) is 2.03. The summed E-state index contributed by atoms with van der Waals surface area (Å²) in [5.41, 5.74) is 2.09. The van der Waals surface area contributed by atoms with Gasteiger partial charge in [-0.3, -0.25) is 0 Å². The molecule has 0 saturated carbocycles. The van der Waals surface area contributed by atoms with Gasteiger partial charge in [0.1, 0.15) is 5.40 Å². The first kappa shape index (κ1) is 11.5. The van der Waals surface area contributed by atoms with Crippen molar-refractivity contribution in [3.63, 3.8) is 0 Å². The van der Waals surface area contributed by atoms with Crippen LogP contribution in [0.25, 0.3) is 11.3 Å². The van der Waals surface area contributed by atoms with Gasteiger partial charge in [-0.05, 0) is 6.26 Å². The van der Waals surface area contributed by atoms with Crippen LogP contribution in [0.15, 0.2) is 38.9 Å². The van der Waals surface area contributed by atoms with E-state index in [0.29, 0.717) is 0 Å². The molecule has 1 aromatic heterocycles. The molecule has 0 unspecified atom stereocenters. The molecule has 0 atom stereocenters. The molecule has 5 heteroatoms. The Hall–Kier alpha value is -0.960. The Kier molecular flexibility index (Phi) is 3.88. The van der Waals surface area contributed by atoms with Gasteiger partial charge in [-0.25, -0.2) is 4.98 Å². The highest BCUT2D eigenvalue weighted by Gasteiger charge is 2.12. The Morgan fingerprint density at radius 1 is 1.31 bits per heavy atom. The third-order valence-electron chi connectivity index (χ3n) is 1.94. The number of nitrogens with zero attached hydrogens (tertiary/aromatic N) is 2. The zero-order chi connectivity index (χ0) is 11.4. The zero-order valence-corrected chi connectivity index (χ0v) is 11.0. The molecule has 16 heavy (non-hydrogen) atoms. The van der Waals surface area contributed by atoms with Crippen molar-refractivity contribution in [3.05, 3.63) is 30.3 Å². The minimum absolute atomic E-state index is 0.811. The van der Waals surface area contributed by atoms with Crippen LogP contribution in [0.1, 0.15) is 0 Å². The fourth-order valence-electron chi connectivity index (χ4n) is 1.29. The molecule has 2 aromatic rings. The van der Waals surface area contributed by atoms with Crippen LogP contribution >= 0.6 is 34.9 Å². The van der Waals surface area contributed by atoms with E-state index in [9.17, 15) is 0 Å². The van der Waals surface area contributed by atoms with Gasteiger partial charge in [0.25, 0.3) is 0 Å². The van der Waals surface area contributed by atoms with Gasteiger partial charge in [0.15, 0.2) is 4.34 Å². The van der Waals surface area contributed by atoms with Gasteiger partial charge in [-0.1, -0.05) is 41.7 Å². The molecule has 0 aliphatic carbocycles. The van der Waals surface area contributed by atoms with Gasteiger partial charge in [0.05, 0.1) is 9.90 Å². The molecule has 0 saturated heterocycles. The topological polar surface area (TPSA) is 36.7 Å². The standard InChI is InChI=1S/C11H8N2S3/c1-14-10-9(8-5-3-2-4-6-8)13-11(16-10)15-7-12/h2-6H,1H3. The maximum atomic E-state index is 8.64. The SMILES string of the molecule is CSc1sc(SC#N)nc1-c1ccccc1. The van der Waals surface area contributed by atoms with Gasteiger partial charge in [-0.2, -0.15) is 5.26 Å². The summed E-state index contributed by atoms with van der Waals surface area (Å²) in [5.74, 6) is 0. The lowest BCUT2D eigenvalue weighted by molar-refractivity contribution is 1.24. The maximum Gasteiger partial charge on any atom is 0.166 e. The Morgan fingerprint density at radius 3 is 2.69 bits per heavy atom. The summed E-state index contributed by atoms with van der Waals surface area (Å²) in [5, 5.41) is 10.7. The molecule has 0 spiro atoms. The molecule has 0 N–H and O–H groups in total. The molecular weight excluding hydrogens is 256 g/mol. The lowest BCUT2D eigenvalue weighted by atomic mass is 10.2. The van der Waals surface area contributed by atoms with Crippen LogP contribution in [0, 0.1) is 10.7 Å². The van der Waals surface area contributed by atoms with Crippen molar-refractivity contribution in [3.8, 4) is 16.7 Å². The summed E-state index contributed by atoms with van der Waals surface area (Å²) in [6, 6.07) is 10.1. The number of nitriles is 1. The molecule has 2 rings (SSSR count). The second-order valence-corrected chi connectivity index (χ2v) is 5.99. The minimum Gasteiger partial charge on any atom is -0.227 e. The monoisotopic (exact) mass is 264 g/mol. The summed E-state index contributed by atoms with van der Waals surface area (Å²) < 4.78 is 1.97. The minimum atomic E-state index is 0.811. The first-order valence-corrected chi connectivity index (χ1v) is 7.37. The van der Waals surface area contributed by atoms with Gasteiger partial charge in [-0.15, -0.1) is 11.8 Å². The van der Waals surface area contributed by atoms with Crippen molar-refractivity contribution in [2.45, 2.75) is 8.55 Å². The maximum absolute atomic E-state index is 8.64. The van der Waals surface area contributed by atoms with Crippen molar-refractivity contribution in [1.29, 1.82) is 5.26 Å². The van der Waals surface area contributed by atoms with Crippen LogP contribution in [0.3, 0.4) is 0 Å². The van der Waals surface area contributed by atoms with Crippen molar-refractivity contribution < 1.29 is 0 Å². The molecule has 0 aliphatic heterocycles. The average Bonchev–Trinajstić information content (AvgIpc) is 2.74. The molecule has 1 heterocycles. The normalized spacial score (nSPS) is 10.0. The highest BCUT2D eigenvalue weighted by atomic mass is 32.2. The van der Waals surface area contributed by atoms with E-state index in [1.54, 1.807) is 23.1 Å². The number of rotatable bonds is 3. The number of hydrogen-bond donors (Lipinski definition) is 0. The lowest BCUT2D eigenvalue weighted by Gasteiger charge is -1.97. The number of aromatic nitrogens is 1. The van der Waals surface area contributed by atoms with Gasteiger partial charge in [0, 0.05) is 17.3 Å². The van der Waals surface area contributed by atoms with Crippen LogP contribution in [0.2, 0.25) is 0 Å². The predicted octanol–water partition coefficient (Wildman–Crippen LogP) is 4.11. The summed E-state index contributed by atoms with van der Waals surface area (Å²) in [7, 11) is 0. The molecule has 0 radical (unpaired) electrons. The van der Waals surface area contributed by atoms with Crippen LogP contribution in [-0.4, -0.2) is 11.2 Å². The van der Waals surface area contributed by atoms with E-state index in [1.165, 1.54) is 0 Å². The van der Waals surface area contributed by atoms with E-state index in [4.69, 9.17) is 5.26 Å². The zero-order valence-electron chi connectivity index (χ0n) is 8.51. The van der Waals surface area contributed by atoms with E-state index >= 15 is 0 Å². The van der Waals surface area contributed by atoms with Crippen LogP contribution < -0.4 is 0 Å². The molecular formula is C11H8N2S3. The number of benzene rings is 1. The molecule has 0 fully saturated rings. The van der Waals surface area contributed by atoms with Crippen molar-refractivity contribution >= 4 is 34.9 Å². The lowest BCUT2D eigenvalue weighted by Crippen LogP contribution is -1.78. The first-order valence-electron chi connectivity index (χ1n) is 4.51. The summed E-state index contributed by atoms with van der Waals surface area (Å²) in [6.45, 7) is 0. The Bertz CT molecular complexity index is 514. The summed E-state index contributed by atoms with van der Waals surface area (Å²) >= 11 is 4.36. The molecule has 0 aliphatic rings. The highest BCUT2D eigenvalue weighted by Crippen LogP contribution is 2.38. The Labute approximate surface area is 107 Å². The largest absolute Gasteiger partial charge is 0.227 e. The fourth-order valence-corrected chi connectivity index (χ4v) is 3.67. The third-order valence-corrected chi connectivity index (χ3v) is 4.76. The molecule has 80 valence electrons. The number of thioether (sulfide) groups is 2. The number of thiocyanates is 1. The Morgan fingerprint density at radius 2 is 2.06 bits per heavy atom. The number of hydrogen-bond acceptors (Lipinski definition) is 5. The third kappa shape index (κ3) is 2.40. The second kappa shape index (κ2) is 5.39. The fraction of sp³-hybridized carbons (Fsp3) is 0.0909. The van der Waals surface area contributed by atoms with E-state index < -0.39 is 0 Å². The van der Waals surface area contributed by atoms with Crippen molar-refractivity contribution in [1.82, 2.24) is 4.98 Å². The highest BCUT2D eigenvalue weighted by molar-refractivity contribution is 8.06. The first-order chi connectivity index (χ1) is 7.85. The quantitative estimate of drug-likeness (QED) is 0.617. The van der Waals surface area contributed by atoms with Crippen LogP contribution in [-0.2, 0) is 0 Å². The molecule has 1 aromatic carbocycles. The average molecular weight is 264 g/mol. The number of thiazole rings is 1. The molecule has 2 nitrogen and oxygen atoms in total. The van der Waals surface area contributed by atoms with Crippen LogP contribution in [0.4, 0.5) is 0 Å².